The quantitative estimate of drug-likeness (QED) is 0.548. The van der Waals surface area contributed by atoms with Gasteiger partial charge in [0.15, 0.2) is 11.5 Å². The van der Waals surface area contributed by atoms with Gasteiger partial charge in [0.05, 0.1) is 14.2 Å². The third-order valence-electron chi connectivity index (χ3n) is 2.53. The number of nitrogens with one attached hydrogen (secondary N) is 2. The number of hydrogen-bond donors (Lipinski definition) is 3. The third kappa shape index (κ3) is 2.44. The minimum atomic E-state index is -0.575. The van der Waals surface area contributed by atoms with Crippen molar-refractivity contribution >= 4 is 18.0 Å². The van der Waals surface area contributed by atoms with Crippen LogP contribution in [-0.4, -0.2) is 31.3 Å². The summed E-state index contributed by atoms with van der Waals surface area (Å²) in [7, 11) is 2.80. The minimum absolute atomic E-state index is 0.111. The Morgan fingerprint density at radius 2 is 1.68 bits per heavy atom. The van der Waals surface area contributed by atoms with Crippen molar-refractivity contribution in [3.05, 3.63) is 23.4 Å². The van der Waals surface area contributed by atoms with Gasteiger partial charge >= 0.3 is 6.03 Å². The average Bonchev–Trinajstić information content (AvgIpc) is 2.69. The first-order chi connectivity index (χ1) is 9.05. The van der Waals surface area contributed by atoms with E-state index in [-0.39, 0.29) is 22.9 Å². The Morgan fingerprint density at radius 1 is 1.11 bits per heavy atom. The van der Waals surface area contributed by atoms with Crippen LogP contribution in [0.3, 0.4) is 0 Å². The summed E-state index contributed by atoms with van der Waals surface area (Å²) in [6.07, 6.45) is 1.45. The molecule has 2 rings (SSSR count). The van der Waals surface area contributed by atoms with Crippen LogP contribution in [-0.2, 0) is 4.79 Å². The molecule has 19 heavy (non-hydrogen) atoms. The fraction of sp³-hybridized carbons (Fsp3) is 0.167. The number of ether oxygens (including phenoxy) is 2. The summed E-state index contributed by atoms with van der Waals surface area (Å²) in [4.78, 5) is 22.4. The Hall–Kier alpha value is -2.70. The molecule has 1 heterocycles. The third-order valence-corrected chi connectivity index (χ3v) is 2.53. The highest BCUT2D eigenvalue weighted by molar-refractivity contribution is 6.14. The maximum absolute atomic E-state index is 11.4. The topological polar surface area (TPSA) is 96.9 Å². The molecule has 3 N–H and O–H groups in total. The largest absolute Gasteiger partial charge is 0.502 e. The minimum Gasteiger partial charge on any atom is -0.502 e. The Bertz CT molecular complexity index is 554. The van der Waals surface area contributed by atoms with Gasteiger partial charge in [0, 0.05) is 0 Å². The van der Waals surface area contributed by atoms with E-state index in [1.165, 1.54) is 32.4 Å². The summed E-state index contributed by atoms with van der Waals surface area (Å²) in [5, 5.41) is 14.2. The molecule has 0 unspecified atom stereocenters. The van der Waals surface area contributed by atoms with E-state index in [1.54, 1.807) is 0 Å². The molecular weight excluding hydrogens is 252 g/mol. The fourth-order valence-corrected chi connectivity index (χ4v) is 1.65. The summed E-state index contributed by atoms with van der Waals surface area (Å²) in [6.45, 7) is 0. The smallest absolute Gasteiger partial charge is 0.326 e. The number of carbonyl (C=O) groups excluding carboxylic acids is 2. The van der Waals surface area contributed by atoms with Crippen molar-refractivity contribution in [2.45, 2.75) is 0 Å². The number of urea groups is 1. The normalized spacial score (nSPS) is 16.2. The van der Waals surface area contributed by atoms with E-state index >= 15 is 0 Å². The number of amides is 3. The molecule has 1 aromatic carbocycles. The molecule has 1 aliphatic heterocycles. The van der Waals surface area contributed by atoms with Crippen molar-refractivity contribution in [1.82, 2.24) is 10.6 Å². The van der Waals surface area contributed by atoms with Crippen molar-refractivity contribution in [3.8, 4) is 17.2 Å². The second-order valence-electron chi connectivity index (χ2n) is 3.74. The number of methoxy groups -OCH3 is 2. The lowest BCUT2D eigenvalue weighted by atomic mass is 10.1. The summed E-state index contributed by atoms with van der Waals surface area (Å²) >= 11 is 0. The molecule has 1 fully saturated rings. The van der Waals surface area contributed by atoms with Gasteiger partial charge in [-0.25, -0.2) is 4.79 Å². The lowest BCUT2D eigenvalue weighted by molar-refractivity contribution is -0.115. The Morgan fingerprint density at radius 3 is 2.11 bits per heavy atom. The maximum atomic E-state index is 11.4. The number of hydrogen-bond acceptors (Lipinski definition) is 5. The first kappa shape index (κ1) is 12.7. The van der Waals surface area contributed by atoms with Crippen LogP contribution in [0.15, 0.2) is 17.8 Å². The zero-order chi connectivity index (χ0) is 14.0. The van der Waals surface area contributed by atoms with E-state index in [1.807, 2.05) is 0 Å². The maximum Gasteiger partial charge on any atom is 0.326 e. The lowest BCUT2D eigenvalue weighted by Crippen LogP contribution is -2.22. The second-order valence-corrected chi connectivity index (χ2v) is 3.74. The average molecular weight is 264 g/mol. The van der Waals surface area contributed by atoms with E-state index in [0.29, 0.717) is 5.56 Å². The van der Waals surface area contributed by atoms with Gasteiger partial charge in [-0.1, -0.05) is 0 Å². The highest BCUT2D eigenvalue weighted by atomic mass is 16.5. The molecule has 0 aliphatic carbocycles. The van der Waals surface area contributed by atoms with Gasteiger partial charge < -0.3 is 19.9 Å². The number of benzene rings is 1. The summed E-state index contributed by atoms with van der Waals surface area (Å²) in [6, 6.07) is 2.46. The van der Waals surface area contributed by atoms with Gasteiger partial charge in [0.1, 0.15) is 5.70 Å². The van der Waals surface area contributed by atoms with Crippen molar-refractivity contribution in [2.24, 2.45) is 0 Å². The first-order valence-corrected chi connectivity index (χ1v) is 5.34. The number of phenols is 1. The van der Waals surface area contributed by atoms with Crippen LogP contribution >= 0.6 is 0 Å². The lowest BCUT2D eigenvalue weighted by Gasteiger charge is -2.09. The zero-order valence-corrected chi connectivity index (χ0v) is 10.3. The zero-order valence-electron chi connectivity index (χ0n) is 10.3. The van der Waals surface area contributed by atoms with Crippen LogP contribution in [0.5, 0.6) is 17.2 Å². The van der Waals surface area contributed by atoms with E-state index in [2.05, 4.69) is 10.6 Å². The number of aromatic hydroxyl groups is 1. The summed E-state index contributed by atoms with van der Waals surface area (Å²) in [5.41, 5.74) is 0.652. The van der Waals surface area contributed by atoms with Crippen LogP contribution < -0.4 is 20.1 Å². The fourth-order valence-electron chi connectivity index (χ4n) is 1.65. The molecule has 1 saturated heterocycles. The van der Waals surface area contributed by atoms with Gasteiger partial charge in [-0.3, -0.25) is 10.1 Å². The molecular formula is C12H12N2O5. The van der Waals surface area contributed by atoms with E-state index < -0.39 is 11.9 Å². The monoisotopic (exact) mass is 264 g/mol. The van der Waals surface area contributed by atoms with Crippen LogP contribution in [0.1, 0.15) is 5.56 Å². The van der Waals surface area contributed by atoms with Crippen LogP contribution in [0.25, 0.3) is 6.08 Å². The van der Waals surface area contributed by atoms with Gasteiger partial charge in [-0.15, -0.1) is 0 Å². The molecule has 1 aromatic rings. The van der Waals surface area contributed by atoms with Crippen LogP contribution in [0, 0.1) is 0 Å². The number of carbonyl (C=O) groups is 2. The molecule has 1 aliphatic rings. The molecule has 0 aromatic heterocycles. The van der Waals surface area contributed by atoms with Gasteiger partial charge in [0.25, 0.3) is 5.91 Å². The Kier molecular flexibility index (Phi) is 3.28. The summed E-state index contributed by atoms with van der Waals surface area (Å²) in [5.74, 6) is -0.241. The predicted octanol–water partition coefficient (Wildman–Crippen LogP) is 0.590. The second kappa shape index (κ2) is 4.89. The van der Waals surface area contributed by atoms with E-state index in [0.717, 1.165) is 0 Å². The first-order valence-electron chi connectivity index (χ1n) is 5.34. The molecule has 3 amide bonds. The van der Waals surface area contributed by atoms with E-state index in [4.69, 9.17) is 9.47 Å². The Labute approximate surface area is 108 Å². The molecule has 100 valence electrons. The molecule has 0 saturated carbocycles. The molecule has 7 nitrogen and oxygen atoms in total. The molecule has 0 bridgehead atoms. The highest BCUT2D eigenvalue weighted by Crippen LogP contribution is 2.37. The van der Waals surface area contributed by atoms with Crippen molar-refractivity contribution in [2.75, 3.05) is 14.2 Å². The highest BCUT2D eigenvalue weighted by Gasteiger charge is 2.23. The van der Waals surface area contributed by atoms with Crippen molar-refractivity contribution < 1.29 is 24.2 Å². The Balaban J connectivity index is 2.43. The number of phenolic OH excluding ortho intramolecular Hbond substituents is 1. The predicted molar refractivity (Wildman–Crippen MR) is 65.9 cm³/mol. The molecule has 0 atom stereocenters. The summed E-state index contributed by atoms with van der Waals surface area (Å²) < 4.78 is 9.99. The van der Waals surface area contributed by atoms with Gasteiger partial charge in [0.2, 0.25) is 5.75 Å². The molecule has 0 radical (unpaired) electrons. The number of rotatable bonds is 3. The van der Waals surface area contributed by atoms with Crippen LogP contribution in [0.4, 0.5) is 4.79 Å². The molecule has 7 heteroatoms. The van der Waals surface area contributed by atoms with Gasteiger partial charge in [-0.05, 0) is 23.8 Å². The number of imide groups is 1. The SMILES string of the molecule is COc1cc(C=C2NC(=O)NC2=O)cc(OC)c1O. The van der Waals surface area contributed by atoms with Crippen LogP contribution in [0.2, 0.25) is 0 Å². The van der Waals surface area contributed by atoms with E-state index in [9.17, 15) is 14.7 Å². The van der Waals surface area contributed by atoms with Crippen molar-refractivity contribution in [3.63, 3.8) is 0 Å². The molecule has 0 spiro atoms. The van der Waals surface area contributed by atoms with Gasteiger partial charge in [-0.2, -0.15) is 0 Å². The van der Waals surface area contributed by atoms with Crippen molar-refractivity contribution in [1.29, 1.82) is 0 Å². The standard InChI is InChI=1S/C12H12N2O5/c1-18-8-4-6(5-9(19-2)10(8)15)3-7-11(16)14-12(17)13-7/h3-5,15H,1-2H3,(H2,13,14,16,17).